The Hall–Kier alpha value is -0.540. The fourth-order valence-electron chi connectivity index (χ4n) is 2.15. The van der Waals surface area contributed by atoms with Crippen LogP contribution in [0.3, 0.4) is 0 Å². The second-order valence-electron chi connectivity index (χ2n) is 4.13. The molecule has 1 nitrogen and oxygen atoms in total. The van der Waals surface area contributed by atoms with Gasteiger partial charge in [0.25, 0.3) is 0 Å². The molecule has 0 N–H and O–H groups in total. The van der Waals surface area contributed by atoms with Crippen LogP contribution < -0.4 is 0 Å². The standard InChI is InChI=1S/C13H12BrNS/c1-2-10-5-8-7-15-12-6-9(14)3-4-11(12)13(8)16-10/h3-4,6-7,10H,2,5H2,1H3. The molecular weight excluding hydrogens is 282 g/mol. The van der Waals surface area contributed by atoms with Crippen LogP contribution in [0.25, 0.3) is 10.9 Å². The largest absolute Gasteiger partial charge is 0.256 e. The van der Waals surface area contributed by atoms with Gasteiger partial charge >= 0.3 is 0 Å². The summed E-state index contributed by atoms with van der Waals surface area (Å²) in [5, 5.41) is 2.05. The summed E-state index contributed by atoms with van der Waals surface area (Å²) in [6.45, 7) is 2.26. The van der Waals surface area contributed by atoms with Crippen LogP contribution >= 0.6 is 27.7 Å². The lowest BCUT2D eigenvalue weighted by atomic mass is 10.1. The van der Waals surface area contributed by atoms with Gasteiger partial charge in [0.2, 0.25) is 0 Å². The van der Waals surface area contributed by atoms with Crippen LogP contribution in [0.5, 0.6) is 0 Å². The molecule has 0 amide bonds. The van der Waals surface area contributed by atoms with E-state index in [2.05, 4.69) is 46.0 Å². The Balaban J connectivity index is 2.20. The molecule has 3 rings (SSSR count). The van der Waals surface area contributed by atoms with E-state index < -0.39 is 0 Å². The fraction of sp³-hybridized carbons (Fsp3) is 0.308. The fourth-order valence-corrected chi connectivity index (χ4v) is 3.85. The van der Waals surface area contributed by atoms with E-state index in [0.717, 1.165) is 15.2 Å². The first kappa shape index (κ1) is 10.6. The van der Waals surface area contributed by atoms with Crippen molar-refractivity contribution in [3.8, 4) is 0 Å². The van der Waals surface area contributed by atoms with Crippen LogP contribution in [-0.2, 0) is 6.42 Å². The van der Waals surface area contributed by atoms with Crippen molar-refractivity contribution in [2.24, 2.45) is 0 Å². The lowest BCUT2D eigenvalue weighted by Gasteiger charge is -2.04. The molecule has 3 heteroatoms. The van der Waals surface area contributed by atoms with E-state index in [4.69, 9.17) is 0 Å². The van der Waals surface area contributed by atoms with E-state index in [1.54, 1.807) is 0 Å². The van der Waals surface area contributed by atoms with Crippen molar-refractivity contribution < 1.29 is 0 Å². The zero-order valence-corrected chi connectivity index (χ0v) is 11.4. The predicted molar refractivity (Wildman–Crippen MR) is 73.1 cm³/mol. The first-order valence-electron chi connectivity index (χ1n) is 5.51. The molecule has 1 aromatic heterocycles. The van der Waals surface area contributed by atoms with Gasteiger partial charge in [0.05, 0.1) is 5.52 Å². The Morgan fingerprint density at radius 2 is 2.38 bits per heavy atom. The smallest absolute Gasteiger partial charge is 0.0724 e. The Kier molecular flexibility index (Phi) is 2.68. The second-order valence-corrected chi connectivity index (χ2v) is 6.35. The lowest BCUT2D eigenvalue weighted by molar-refractivity contribution is 0.828. The minimum Gasteiger partial charge on any atom is -0.256 e. The molecular formula is C13H12BrNS. The normalized spacial score (nSPS) is 19.0. The highest BCUT2D eigenvalue weighted by molar-refractivity contribution is 9.10. The molecule has 0 aliphatic carbocycles. The summed E-state index contributed by atoms with van der Waals surface area (Å²) in [5.41, 5.74) is 2.52. The molecule has 0 fully saturated rings. The first-order chi connectivity index (χ1) is 7.78. The van der Waals surface area contributed by atoms with Gasteiger partial charge in [0.15, 0.2) is 0 Å². The Morgan fingerprint density at radius 1 is 1.50 bits per heavy atom. The third-order valence-electron chi connectivity index (χ3n) is 3.04. The summed E-state index contributed by atoms with van der Waals surface area (Å²) in [6.07, 6.45) is 4.46. The molecule has 0 spiro atoms. The van der Waals surface area contributed by atoms with Crippen molar-refractivity contribution >= 4 is 38.6 Å². The Labute approximate surface area is 108 Å². The van der Waals surface area contributed by atoms with Gasteiger partial charge < -0.3 is 0 Å². The molecule has 0 saturated heterocycles. The summed E-state index contributed by atoms with van der Waals surface area (Å²) >= 11 is 5.51. The van der Waals surface area contributed by atoms with E-state index in [9.17, 15) is 0 Å². The summed E-state index contributed by atoms with van der Waals surface area (Å²) in [6, 6.07) is 6.37. The number of rotatable bonds is 1. The van der Waals surface area contributed by atoms with Gasteiger partial charge in [-0.3, -0.25) is 4.98 Å². The summed E-state index contributed by atoms with van der Waals surface area (Å²) in [4.78, 5) is 5.99. The number of halogens is 1. The molecule has 1 unspecified atom stereocenters. The SMILES string of the molecule is CCC1Cc2cnc3cc(Br)ccc3c2S1. The van der Waals surface area contributed by atoms with E-state index in [-0.39, 0.29) is 0 Å². The highest BCUT2D eigenvalue weighted by Crippen LogP contribution is 2.42. The van der Waals surface area contributed by atoms with Crippen molar-refractivity contribution in [2.45, 2.75) is 29.9 Å². The van der Waals surface area contributed by atoms with Gasteiger partial charge in [-0.2, -0.15) is 0 Å². The van der Waals surface area contributed by atoms with Gasteiger partial charge in [-0.1, -0.05) is 28.9 Å². The van der Waals surface area contributed by atoms with Crippen LogP contribution in [0.4, 0.5) is 0 Å². The zero-order valence-electron chi connectivity index (χ0n) is 9.03. The van der Waals surface area contributed by atoms with Gasteiger partial charge in [-0.25, -0.2) is 0 Å². The van der Waals surface area contributed by atoms with Gasteiger partial charge in [-0.05, 0) is 30.5 Å². The number of fused-ring (bicyclic) bond motifs is 3. The van der Waals surface area contributed by atoms with Gasteiger partial charge in [0, 0.05) is 26.2 Å². The first-order valence-corrected chi connectivity index (χ1v) is 7.19. The number of thioether (sulfide) groups is 1. The minimum absolute atomic E-state index is 0.742. The molecule has 1 aromatic carbocycles. The van der Waals surface area contributed by atoms with Gasteiger partial charge in [0.1, 0.15) is 0 Å². The quantitative estimate of drug-likeness (QED) is 0.772. The number of benzene rings is 1. The third kappa shape index (κ3) is 1.66. The Bertz CT molecular complexity index is 553. The maximum absolute atomic E-state index is 4.54. The molecule has 1 aliphatic heterocycles. The lowest BCUT2D eigenvalue weighted by Crippen LogP contribution is -1.96. The number of nitrogens with zero attached hydrogens (tertiary/aromatic N) is 1. The van der Waals surface area contributed by atoms with Crippen LogP contribution in [0.1, 0.15) is 18.9 Å². The van der Waals surface area contributed by atoms with Crippen LogP contribution in [0.15, 0.2) is 33.8 Å². The molecule has 1 atom stereocenters. The summed E-state index contributed by atoms with van der Waals surface area (Å²) < 4.78 is 1.10. The number of aromatic nitrogens is 1. The van der Waals surface area contributed by atoms with Crippen molar-refractivity contribution in [1.82, 2.24) is 4.98 Å². The molecule has 0 radical (unpaired) electrons. The average molecular weight is 294 g/mol. The maximum Gasteiger partial charge on any atom is 0.0724 e. The van der Waals surface area contributed by atoms with E-state index in [1.807, 2.05) is 18.0 Å². The maximum atomic E-state index is 4.54. The topological polar surface area (TPSA) is 12.9 Å². The van der Waals surface area contributed by atoms with Gasteiger partial charge in [-0.15, -0.1) is 11.8 Å². The van der Waals surface area contributed by atoms with Crippen molar-refractivity contribution in [3.63, 3.8) is 0 Å². The van der Waals surface area contributed by atoms with Crippen LogP contribution in [0.2, 0.25) is 0 Å². The molecule has 82 valence electrons. The van der Waals surface area contributed by atoms with Crippen molar-refractivity contribution in [1.29, 1.82) is 0 Å². The average Bonchev–Trinajstić information content (AvgIpc) is 2.71. The van der Waals surface area contributed by atoms with Crippen LogP contribution in [-0.4, -0.2) is 10.2 Å². The van der Waals surface area contributed by atoms with Crippen LogP contribution in [0, 0.1) is 0 Å². The summed E-state index contributed by atoms with van der Waals surface area (Å²) in [5.74, 6) is 0. The number of hydrogen-bond acceptors (Lipinski definition) is 2. The van der Waals surface area contributed by atoms with Crippen molar-refractivity contribution in [2.75, 3.05) is 0 Å². The Morgan fingerprint density at radius 3 is 3.19 bits per heavy atom. The highest BCUT2D eigenvalue weighted by atomic mass is 79.9. The third-order valence-corrected chi connectivity index (χ3v) is 5.09. The van der Waals surface area contributed by atoms with E-state index in [0.29, 0.717) is 0 Å². The zero-order chi connectivity index (χ0) is 11.1. The predicted octanol–water partition coefficient (Wildman–Crippen LogP) is 4.42. The molecule has 2 aromatic rings. The van der Waals surface area contributed by atoms with Crippen molar-refractivity contribution in [3.05, 3.63) is 34.4 Å². The molecule has 0 bridgehead atoms. The molecule has 0 saturated carbocycles. The minimum atomic E-state index is 0.742. The van der Waals surface area contributed by atoms with E-state index >= 15 is 0 Å². The number of hydrogen-bond donors (Lipinski definition) is 0. The molecule has 16 heavy (non-hydrogen) atoms. The molecule has 1 aliphatic rings. The second kappa shape index (κ2) is 4.04. The molecule has 2 heterocycles. The monoisotopic (exact) mass is 293 g/mol. The van der Waals surface area contributed by atoms with E-state index in [1.165, 1.54) is 28.7 Å². The summed E-state index contributed by atoms with van der Waals surface area (Å²) in [7, 11) is 0. The number of pyridine rings is 1. The highest BCUT2D eigenvalue weighted by Gasteiger charge is 2.23.